The molecule has 5 heteroatoms. The Bertz CT molecular complexity index is 524. The molecule has 1 heterocycles. The van der Waals surface area contributed by atoms with Gasteiger partial charge in [0.1, 0.15) is 6.10 Å². The van der Waals surface area contributed by atoms with Crippen LogP contribution in [-0.4, -0.2) is 43.0 Å². The molecule has 0 aliphatic carbocycles. The summed E-state index contributed by atoms with van der Waals surface area (Å²) in [6, 6.07) is 7.06. The lowest BCUT2D eigenvalue weighted by Crippen LogP contribution is -2.28. The Morgan fingerprint density at radius 2 is 2.23 bits per heavy atom. The summed E-state index contributed by atoms with van der Waals surface area (Å²) in [6.07, 6.45) is 3.34. The molecule has 0 bridgehead atoms. The zero-order valence-corrected chi connectivity index (χ0v) is 13.3. The van der Waals surface area contributed by atoms with E-state index in [-0.39, 0.29) is 17.9 Å². The molecule has 1 fully saturated rings. The average Bonchev–Trinajstić information content (AvgIpc) is 3.06. The molecule has 1 aliphatic heterocycles. The maximum absolute atomic E-state index is 12.3. The first-order valence-electron chi connectivity index (χ1n) is 7.90. The maximum Gasteiger partial charge on any atom is 0.253 e. The number of amides is 2. The van der Waals surface area contributed by atoms with Crippen LogP contribution in [0.25, 0.3) is 0 Å². The summed E-state index contributed by atoms with van der Waals surface area (Å²) in [4.78, 5) is 26.1. The molecule has 22 heavy (non-hydrogen) atoms. The van der Waals surface area contributed by atoms with Crippen molar-refractivity contribution >= 4 is 17.5 Å². The van der Waals surface area contributed by atoms with E-state index in [0.29, 0.717) is 17.9 Å². The van der Waals surface area contributed by atoms with Gasteiger partial charge >= 0.3 is 0 Å². The third-order valence-electron chi connectivity index (χ3n) is 3.79. The van der Waals surface area contributed by atoms with Crippen LogP contribution in [0.4, 0.5) is 5.69 Å². The van der Waals surface area contributed by atoms with E-state index in [1.54, 1.807) is 36.2 Å². The van der Waals surface area contributed by atoms with Gasteiger partial charge in [-0.15, -0.1) is 0 Å². The molecule has 1 aromatic carbocycles. The van der Waals surface area contributed by atoms with Crippen molar-refractivity contribution < 1.29 is 14.3 Å². The summed E-state index contributed by atoms with van der Waals surface area (Å²) in [5, 5.41) is 2.83. The van der Waals surface area contributed by atoms with Crippen molar-refractivity contribution in [1.82, 2.24) is 4.90 Å². The van der Waals surface area contributed by atoms with Gasteiger partial charge in [-0.05, 0) is 37.5 Å². The zero-order valence-electron chi connectivity index (χ0n) is 13.3. The van der Waals surface area contributed by atoms with E-state index in [0.717, 1.165) is 32.2 Å². The Balaban J connectivity index is 1.99. The SMILES string of the molecule is CCCCN(C)C(=O)c1cccc(NC(=O)[C@H]2CCCO2)c1. The lowest BCUT2D eigenvalue weighted by Gasteiger charge is -2.17. The average molecular weight is 304 g/mol. The number of anilines is 1. The number of unbranched alkanes of at least 4 members (excludes halogenated alkanes) is 1. The van der Waals surface area contributed by atoms with Gasteiger partial charge in [0.25, 0.3) is 11.8 Å². The first-order chi connectivity index (χ1) is 10.6. The summed E-state index contributed by atoms with van der Waals surface area (Å²) >= 11 is 0. The fourth-order valence-electron chi connectivity index (χ4n) is 2.45. The predicted octanol–water partition coefficient (Wildman–Crippen LogP) is 2.68. The van der Waals surface area contributed by atoms with E-state index in [1.807, 2.05) is 0 Å². The number of nitrogens with zero attached hydrogens (tertiary/aromatic N) is 1. The second-order valence-corrected chi connectivity index (χ2v) is 5.65. The van der Waals surface area contributed by atoms with E-state index in [4.69, 9.17) is 4.74 Å². The monoisotopic (exact) mass is 304 g/mol. The predicted molar refractivity (Wildman–Crippen MR) is 85.9 cm³/mol. The Kier molecular flexibility index (Phi) is 5.95. The number of benzene rings is 1. The Morgan fingerprint density at radius 1 is 1.41 bits per heavy atom. The molecule has 0 spiro atoms. The van der Waals surface area contributed by atoms with Gasteiger partial charge in [-0.3, -0.25) is 9.59 Å². The van der Waals surface area contributed by atoms with Crippen molar-refractivity contribution in [2.75, 3.05) is 25.5 Å². The maximum atomic E-state index is 12.3. The summed E-state index contributed by atoms with van der Waals surface area (Å²) in [5.74, 6) is -0.164. The topological polar surface area (TPSA) is 58.6 Å². The van der Waals surface area contributed by atoms with Crippen LogP contribution in [0.5, 0.6) is 0 Å². The van der Waals surface area contributed by atoms with Crippen molar-refractivity contribution in [1.29, 1.82) is 0 Å². The van der Waals surface area contributed by atoms with Crippen molar-refractivity contribution in [3.05, 3.63) is 29.8 Å². The highest BCUT2D eigenvalue weighted by Crippen LogP contribution is 2.17. The molecule has 0 unspecified atom stereocenters. The molecule has 2 amide bonds. The molecule has 2 rings (SSSR count). The van der Waals surface area contributed by atoms with Crippen molar-refractivity contribution in [2.45, 2.75) is 38.7 Å². The second-order valence-electron chi connectivity index (χ2n) is 5.65. The van der Waals surface area contributed by atoms with E-state index in [2.05, 4.69) is 12.2 Å². The second kappa shape index (κ2) is 7.94. The standard InChI is InChI=1S/C17H24N2O3/c1-3-4-10-19(2)17(21)13-7-5-8-14(12-13)18-16(20)15-9-6-11-22-15/h5,7-8,12,15H,3-4,6,9-11H2,1-2H3,(H,18,20)/t15-/m1/s1. The molecule has 1 saturated heterocycles. The normalized spacial score (nSPS) is 17.3. The molecule has 0 radical (unpaired) electrons. The lowest BCUT2D eigenvalue weighted by molar-refractivity contribution is -0.124. The number of nitrogens with one attached hydrogen (secondary N) is 1. The highest BCUT2D eigenvalue weighted by Gasteiger charge is 2.23. The molecule has 0 aromatic heterocycles. The highest BCUT2D eigenvalue weighted by atomic mass is 16.5. The number of hydrogen-bond acceptors (Lipinski definition) is 3. The number of carbonyl (C=O) groups excluding carboxylic acids is 2. The summed E-state index contributed by atoms with van der Waals surface area (Å²) in [7, 11) is 1.80. The minimum Gasteiger partial charge on any atom is -0.368 e. The number of ether oxygens (including phenoxy) is 1. The van der Waals surface area contributed by atoms with Crippen LogP contribution in [0, 0.1) is 0 Å². The van der Waals surface area contributed by atoms with Gasteiger partial charge in [-0.25, -0.2) is 0 Å². The molecular weight excluding hydrogens is 280 g/mol. The van der Waals surface area contributed by atoms with Gasteiger partial charge in [-0.2, -0.15) is 0 Å². The molecule has 1 aliphatic rings. The van der Waals surface area contributed by atoms with Crippen LogP contribution >= 0.6 is 0 Å². The van der Waals surface area contributed by atoms with E-state index in [9.17, 15) is 9.59 Å². The van der Waals surface area contributed by atoms with Gasteiger partial charge in [0.05, 0.1) is 0 Å². The van der Waals surface area contributed by atoms with Crippen molar-refractivity contribution in [2.24, 2.45) is 0 Å². The summed E-state index contributed by atoms with van der Waals surface area (Å²) < 4.78 is 5.36. The molecule has 120 valence electrons. The van der Waals surface area contributed by atoms with Crippen LogP contribution in [0.1, 0.15) is 43.0 Å². The lowest BCUT2D eigenvalue weighted by atomic mass is 10.1. The van der Waals surface area contributed by atoms with Gasteiger partial charge < -0.3 is 15.0 Å². The minimum atomic E-state index is -0.369. The fourth-order valence-corrected chi connectivity index (χ4v) is 2.45. The van der Waals surface area contributed by atoms with E-state index >= 15 is 0 Å². The number of rotatable bonds is 6. The van der Waals surface area contributed by atoms with Gasteiger partial charge in [0.2, 0.25) is 0 Å². The quantitative estimate of drug-likeness (QED) is 0.879. The Hall–Kier alpha value is -1.88. The molecular formula is C17H24N2O3. The molecule has 0 saturated carbocycles. The van der Waals surface area contributed by atoms with Crippen LogP contribution in [0.15, 0.2) is 24.3 Å². The van der Waals surface area contributed by atoms with Gasteiger partial charge in [0.15, 0.2) is 0 Å². The smallest absolute Gasteiger partial charge is 0.253 e. The van der Waals surface area contributed by atoms with Crippen LogP contribution in [0.3, 0.4) is 0 Å². The first kappa shape index (κ1) is 16.5. The van der Waals surface area contributed by atoms with Crippen LogP contribution in [0.2, 0.25) is 0 Å². The Morgan fingerprint density at radius 3 is 2.91 bits per heavy atom. The van der Waals surface area contributed by atoms with Gasteiger partial charge in [-0.1, -0.05) is 19.4 Å². The Labute approximate surface area is 131 Å². The fraction of sp³-hybridized carbons (Fsp3) is 0.529. The third-order valence-corrected chi connectivity index (χ3v) is 3.79. The van der Waals surface area contributed by atoms with Crippen LogP contribution in [-0.2, 0) is 9.53 Å². The molecule has 1 atom stereocenters. The molecule has 1 N–H and O–H groups in total. The number of carbonyl (C=O) groups is 2. The molecule has 1 aromatic rings. The third kappa shape index (κ3) is 4.31. The van der Waals surface area contributed by atoms with Gasteiger partial charge in [0, 0.05) is 31.5 Å². The first-order valence-corrected chi connectivity index (χ1v) is 7.90. The minimum absolute atomic E-state index is 0.0262. The van der Waals surface area contributed by atoms with Crippen LogP contribution < -0.4 is 5.32 Å². The zero-order chi connectivity index (χ0) is 15.9. The van der Waals surface area contributed by atoms with E-state index in [1.165, 1.54) is 0 Å². The molecule has 5 nitrogen and oxygen atoms in total. The van der Waals surface area contributed by atoms with E-state index < -0.39 is 0 Å². The summed E-state index contributed by atoms with van der Waals surface area (Å²) in [5.41, 5.74) is 1.22. The highest BCUT2D eigenvalue weighted by molar-refractivity contribution is 5.98. The largest absolute Gasteiger partial charge is 0.368 e. The van der Waals surface area contributed by atoms with Crippen molar-refractivity contribution in [3.8, 4) is 0 Å². The summed E-state index contributed by atoms with van der Waals surface area (Å²) in [6.45, 7) is 3.47. The number of hydrogen-bond donors (Lipinski definition) is 1. The van der Waals surface area contributed by atoms with Crippen molar-refractivity contribution in [3.63, 3.8) is 0 Å².